The van der Waals surface area contributed by atoms with E-state index in [4.69, 9.17) is 23.8 Å². The molecule has 4 aromatic heterocycles. The predicted octanol–water partition coefficient (Wildman–Crippen LogP) is 11.8. The maximum Gasteiger partial charge on any atom is 0.164 e. The summed E-state index contributed by atoms with van der Waals surface area (Å²) < 4.78 is 15.0. The summed E-state index contributed by atoms with van der Waals surface area (Å²) in [6, 6.07) is 53.9. The molecule has 0 bridgehead atoms. The Morgan fingerprint density at radius 3 is 1.69 bits per heavy atom. The molecule has 4 heterocycles. The van der Waals surface area contributed by atoms with E-state index in [0.717, 1.165) is 77.3 Å². The molecule has 51 heavy (non-hydrogen) atoms. The van der Waals surface area contributed by atoms with E-state index in [0.29, 0.717) is 17.5 Å². The van der Waals surface area contributed by atoms with Gasteiger partial charge in [0.25, 0.3) is 0 Å². The molecule has 0 radical (unpaired) electrons. The SMILES string of the molecule is c1ccc(-c2nc(-c3ccc4c(c3)oc3cccc(-n5c6ccccc6c6ccccc65)c34)nc(-c3ccc4oc5ccccc5c4c3)n2)cc1. The van der Waals surface area contributed by atoms with Crippen LogP contribution in [0.3, 0.4) is 0 Å². The van der Waals surface area contributed by atoms with Crippen molar-refractivity contribution in [2.75, 3.05) is 0 Å². The zero-order chi connectivity index (χ0) is 33.5. The van der Waals surface area contributed by atoms with Crippen LogP contribution >= 0.6 is 0 Å². The van der Waals surface area contributed by atoms with E-state index < -0.39 is 0 Å². The highest BCUT2D eigenvalue weighted by atomic mass is 16.3. The Balaban J connectivity index is 1.10. The molecular weight excluding hydrogens is 629 g/mol. The molecule has 0 saturated carbocycles. The molecule has 11 rings (SSSR count). The molecule has 238 valence electrons. The van der Waals surface area contributed by atoms with Gasteiger partial charge in [-0.2, -0.15) is 0 Å². The Hall–Kier alpha value is -7.05. The third-order valence-corrected chi connectivity index (χ3v) is 9.86. The van der Waals surface area contributed by atoms with Crippen LogP contribution in [0.5, 0.6) is 0 Å². The van der Waals surface area contributed by atoms with Crippen molar-refractivity contribution < 1.29 is 8.83 Å². The second kappa shape index (κ2) is 10.7. The highest BCUT2D eigenvalue weighted by Crippen LogP contribution is 2.40. The van der Waals surface area contributed by atoms with Gasteiger partial charge in [0.2, 0.25) is 0 Å². The van der Waals surface area contributed by atoms with Crippen LogP contribution in [-0.4, -0.2) is 19.5 Å². The lowest BCUT2D eigenvalue weighted by Crippen LogP contribution is -2.00. The summed E-state index contributed by atoms with van der Waals surface area (Å²) in [6.07, 6.45) is 0. The molecule has 0 N–H and O–H groups in total. The first-order valence-electron chi connectivity index (χ1n) is 16.9. The van der Waals surface area contributed by atoms with Crippen molar-refractivity contribution in [2.45, 2.75) is 0 Å². The van der Waals surface area contributed by atoms with Crippen LogP contribution in [0.25, 0.3) is 106 Å². The van der Waals surface area contributed by atoms with Crippen molar-refractivity contribution in [3.05, 3.63) is 158 Å². The van der Waals surface area contributed by atoms with E-state index >= 15 is 0 Å². The summed E-state index contributed by atoms with van der Waals surface area (Å²) in [5.41, 5.74) is 9.31. The fourth-order valence-electron chi connectivity index (χ4n) is 7.53. The van der Waals surface area contributed by atoms with Crippen LogP contribution in [0.15, 0.2) is 167 Å². The van der Waals surface area contributed by atoms with E-state index in [1.165, 1.54) is 10.8 Å². The Morgan fingerprint density at radius 2 is 0.922 bits per heavy atom. The monoisotopic (exact) mass is 654 g/mol. The number of nitrogens with zero attached hydrogens (tertiary/aromatic N) is 4. The number of hydrogen-bond donors (Lipinski definition) is 0. The van der Waals surface area contributed by atoms with Crippen molar-refractivity contribution >= 4 is 65.7 Å². The highest BCUT2D eigenvalue weighted by molar-refractivity contribution is 6.14. The molecule has 0 saturated heterocycles. The smallest absolute Gasteiger partial charge is 0.164 e. The van der Waals surface area contributed by atoms with E-state index in [1.807, 2.05) is 72.8 Å². The number of aromatic nitrogens is 4. The summed E-state index contributed by atoms with van der Waals surface area (Å²) in [5, 5.41) is 6.62. The topological polar surface area (TPSA) is 69.9 Å². The fraction of sp³-hybridized carbons (Fsp3) is 0. The minimum absolute atomic E-state index is 0.570. The van der Waals surface area contributed by atoms with E-state index in [-0.39, 0.29) is 0 Å². The molecule has 6 nitrogen and oxygen atoms in total. The molecular formula is C45H26N4O2. The maximum atomic E-state index is 6.59. The van der Waals surface area contributed by atoms with Crippen molar-refractivity contribution in [2.24, 2.45) is 0 Å². The molecule has 0 aliphatic carbocycles. The normalized spacial score (nSPS) is 11.9. The van der Waals surface area contributed by atoms with Crippen LogP contribution in [-0.2, 0) is 0 Å². The van der Waals surface area contributed by atoms with Gasteiger partial charge in [0.05, 0.1) is 22.1 Å². The summed E-state index contributed by atoms with van der Waals surface area (Å²) in [4.78, 5) is 15.0. The Kier molecular flexibility index (Phi) is 5.86. The highest BCUT2D eigenvalue weighted by Gasteiger charge is 2.19. The van der Waals surface area contributed by atoms with Crippen molar-refractivity contribution in [3.63, 3.8) is 0 Å². The second-order valence-corrected chi connectivity index (χ2v) is 12.8. The van der Waals surface area contributed by atoms with Gasteiger partial charge in [0.15, 0.2) is 17.5 Å². The summed E-state index contributed by atoms with van der Waals surface area (Å²) in [5.74, 6) is 1.76. The summed E-state index contributed by atoms with van der Waals surface area (Å²) >= 11 is 0. The van der Waals surface area contributed by atoms with Crippen LogP contribution < -0.4 is 0 Å². The molecule has 0 aliphatic rings. The minimum Gasteiger partial charge on any atom is -0.456 e. The number of para-hydroxylation sites is 3. The number of rotatable bonds is 4. The van der Waals surface area contributed by atoms with Gasteiger partial charge in [-0.15, -0.1) is 0 Å². The quantitative estimate of drug-likeness (QED) is 0.189. The van der Waals surface area contributed by atoms with Gasteiger partial charge in [-0.3, -0.25) is 0 Å². The lowest BCUT2D eigenvalue weighted by Gasteiger charge is -2.10. The van der Waals surface area contributed by atoms with Gasteiger partial charge in [0, 0.05) is 43.6 Å². The zero-order valence-electron chi connectivity index (χ0n) is 27.1. The average Bonchev–Trinajstić information content (AvgIpc) is 3.87. The van der Waals surface area contributed by atoms with Gasteiger partial charge in [-0.25, -0.2) is 15.0 Å². The van der Waals surface area contributed by atoms with Crippen molar-refractivity contribution in [3.8, 4) is 39.9 Å². The number of hydrogen-bond acceptors (Lipinski definition) is 5. The van der Waals surface area contributed by atoms with Crippen LogP contribution in [0.4, 0.5) is 0 Å². The lowest BCUT2D eigenvalue weighted by atomic mass is 10.1. The summed E-state index contributed by atoms with van der Waals surface area (Å²) in [7, 11) is 0. The molecule has 7 aromatic carbocycles. The molecule has 0 aliphatic heterocycles. The predicted molar refractivity (Wildman–Crippen MR) is 205 cm³/mol. The van der Waals surface area contributed by atoms with E-state index in [2.05, 4.69) is 89.5 Å². The van der Waals surface area contributed by atoms with Crippen LogP contribution in [0.2, 0.25) is 0 Å². The van der Waals surface area contributed by atoms with Gasteiger partial charge in [0.1, 0.15) is 22.3 Å². The third-order valence-electron chi connectivity index (χ3n) is 9.86. The Morgan fingerprint density at radius 1 is 0.353 bits per heavy atom. The molecule has 0 atom stereocenters. The molecule has 11 aromatic rings. The number of benzene rings is 7. The second-order valence-electron chi connectivity index (χ2n) is 12.8. The number of fused-ring (bicyclic) bond motifs is 9. The summed E-state index contributed by atoms with van der Waals surface area (Å²) in [6.45, 7) is 0. The van der Waals surface area contributed by atoms with Gasteiger partial charge >= 0.3 is 0 Å². The van der Waals surface area contributed by atoms with Gasteiger partial charge < -0.3 is 13.4 Å². The third kappa shape index (κ3) is 4.26. The zero-order valence-corrected chi connectivity index (χ0v) is 27.1. The molecule has 0 amide bonds. The van der Waals surface area contributed by atoms with Gasteiger partial charge in [-0.1, -0.05) is 97.1 Å². The first-order valence-corrected chi connectivity index (χ1v) is 16.9. The maximum absolute atomic E-state index is 6.59. The first kappa shape index (κ1) is 27.9. The van der Waals surface area contributed by atoms with Crippen molar-refractivity contribution in [1.82, 2.24) is 19.5 Å². The minimum atomic E-state index is 0.570. The largest absolute Gasteiger partial charge is 0.456 e. The Bertz CT molecular complexity index is 3100. The van der Waals surface area contributed by atoms with Crippen LogP contribution in [0.1, 0.15) is 0 Å². The molecule has 0 fully saturated rings. The molecule has 0 unspecified atom stereocenters. The van der Waals surface area contributed by atoms with E-state index in [9.17, 15) is 0 Å². The van der Waals surface area contributed by atoms with E-state index in [1.54, 1.807) is 0 Å². The Labute approximate surface area is 290 Å². The molecule has 0 spiro atoms. The standard InChI is InChI=1S/C45H26N4O2/c1-2-11-27(12-3-1)43-46-44(28-22-24-39-34(25-28)32-15-6-9-19-38(32)50-39)48-45(47-43)29-21-23-33-41(26-29)51-40-20-10-18-37(42(33)40)49-35-16-7-4-13-30(35)31-14-5-8-17-36(31)49/h1-26H. The average molecular weight is 655 g/mol. The molecule has 6 heteroatoms. The van der Waals surface area contributed by atoms with Crippen molar-refractivity contribution in [1.29, 1.82) is 0 Å². The van der Waals surface area contributed by atoms with Crippen LogP contribution in [0, 0.1) is 0 Å². The fourth-order valence-corrected chi connectivity index (χ4v) is 7.53. The lowest BCUT2D eigenvalue weighted by molar-refractivity contribution is 0.668. The number of furan rings is 2. The first-order chi connectivity index (χ1) is 25.3. The van der Waals surface area contributed by atoms with Gasteiger partial charge in [-0.05, 0) is 60.7 Å².